The van der Waals surface area contributed by atoms with Crippen molar-refractivity contribution < 1.29 is 28.7 Å². The van der Waals surface area contributed by atoms with Gasteiger partial charge in [0.15, 0.2) is 0 Å². The smallest absolute Gasteiger partial charge is 0.254 e. The highest BCUT2D eigenvalue weighted by Crippen LogP contribution is 2.22. The lowest BCUT2D eigenvalue weighted by Crippen LogP contribution is -2.54. The van der Waals surface area contributed by atoms with Gasteiger partial charge < -0.3 is 30.3 Å². The summed E-state index contributed by atoms with van der Waals surface area (Å²) in [6.07, 6.45) is 1.82. The third kappa shape index (κ3) is 9.12. The zero-order valence-corrected chi connectivity index (χ0v) is 28.2. The molecule has 4 aromatic rings. The van der Waals surface area contributed by atoms with Gasteiger partial charge in [0.2, 0.25) is 11.8 Å². The molecule has 49 heavy (non-hydrogen) atoms. The highest BCUT2D eigenvalue weighted by atomic mass is 16.5. The molecule has 4 amide bonds. The van der Waals surface area contributed by atoms with Crippen LogP contribution in [-0.2, 0) is 22.4 Å². The lowest BCUT2D eigenvalue weighted by Gasteiger charge is -2.30. The second-order valence-electron chi connectivity index (χ2n) is 12.6. The molecule has 258 valence electrons. The number of aryl methyl sites for hydroxylation is 1. The van der Waals surface area contributed by atoms with E-state index in [4.69, 9.17) is 9.47 Å². The molecule has 2 heterocycles. The van der Waals surface area contributed by atoms with Crippen LogP contribution in [0.15, 0.2) is 60.7 Å². The Labute approximate surface area is 285 Å². The maximum absolute atomic E-state index is 14.1. The summed E-state index contributed by atoms with van der Waals surface area (Å²) in [5, 5.41) is 19.7. The van der Waals surface area contributed by atoms with Crippen LogP contribution in [0.3, 0.4) is 0 Å². The van der Waals surface area contributed by atoms with Crippen molar-refractivity contribution in [3.05, 3.63) is 82.9 Å². The number of fused-ring (bicyclic) bond motifs is 3. The molecule has 13 heteroatoms. The number of carbonyl (C=O) groups excluding carboxylic acids is 4. The topological polar surface area (TPSA) is 168 Å². The molecule has 3 aromatic carbocycles. The molecule has 0 aliphatic carbocycles. The number of aromatic nitrogens is 3. The number of aromatic amines is 1. The summed E-state index contributed by atoms with van der Waals surface area (Å²) in [6.45, 7) is 4.23. The van der Waals surface area contributed by atoms with E-state index in [2.05, 4.69) is 31.4 Å². The lowest BCUT2D eigenvalue weighted by atomic mass is 10.00. The van der Waals surface area contributed by atoms with Gasteiger partial charge in [-0.25, -0.2) is 0 Å². The predicted octanol–water partition coefficient (Wildman–Crippen LogP) is 3.05. The number of hydrogen-bond donors (Lipinski definition) is 4. The van der Waals surface area contributed by atoms with Crippen molar-refractivity contribution >= 4 is 34.7 Å². The average Bonchev–Trinajstić information content (AvgIpc) is 3.57. The van der Waals surface area contributed by atoms with Gasteiger partial charge in [-0.05, 0) is 84.8 Å². The molecule has 2 atom stereocenters. The monoisotopic (exact) mass is 669 g/mol. The van der Waals surface area contributed by atoms with Gasteiger partial charge in [-0.15, -0.1) is 0 Å². The molecule has 4 N–H and O–H groups in total. The van der Waals surface area contributed by atoms with E-state index in [1.54, 1.807) is 62.8 Å². The van der Waals surface area contributed by atoms with Crippen molar-refractivity contribution in [2.45, 2.75) is 51.6 Å². The Morgan fingerprint density at radius 2 is 1.71 bits per heavy atom. The standard InChI is InChI=1S/C36H43N7O6/c1-22(2)16-27-20-43(36(47)26-9-13-29-30(19-26)41-42-40-29)21-33(44)37-15-5-6-24-18-25(10-14-32(24)49-4)34(45)39-31(35(46)38-27)17-23-7-11-28(48-3)12-8-23/h7-14,18-19,22,27,31H,5-6,15-17,20-21H2,1-4H3,(H,37,44)(H,38,46)(H,39,45)(H,40,41,42)/t27-,31-/m0/s1. The van der Waals surface area contributed by atoms with Crippen LogP contribution in [0.5, 0.6) is 11.5 Å². The summed E-state index contributed by atoms with van der Waals surface area (Å²) in [5.41, 5.74) is 3.46. The molecular formula is C36H43N7O6. The molecule has 1 aliphatic rings. The van der Waals surface area contributed by atoms with Crippen molar-refractivity contribution in [3.8, 4) is 11.5 Å². The van der Waals surface area contributed by atoms with E-state index in [0.717, 1.165) is 11.1 Å². The Bertz CT molecular complexity index is 1790. The number of carbonyl (C=O) groups is 4. The Morgan fingerprint density at radius 3 is 2.45 bits per heavy atom. The van der Waals surface area contributed by atoms with Gasteiger partial charge in [0.25, 0.3) is 11.8 Å². The summed E-state index contributed by atoms with van der Waals surface area (Å²) >= 11 is 0. The van der Waals surface area contributed by atoms with Crippen LogP contribution < -0.4 is 25.4 Å². The summed E-state index contributed by atoms with van der Waals surface area (Å²) in [7, 11) is 3.14. The number of amides is 4. The van der Waals surface area contributed by atoms with Crippen molar-refractivity contribution in [2.75, 3.05) is 33.9 Å². The third-order valence-electron chi connectivity index (χ3n) is 8.44. The summed E-state index contributed by atoms with van der Waals surface area (Å²) in [5.74, 6) is -0.0981. The normalized spacial score (nSPS) is 18.0. The van der Waals surface area contributed by atoms with E-state index in [1.165, 1.54) is 4.90 Å². The second kappa shape index (κ2) is 16.1. The van der Waals surface area contributed by atoms with Crippen molar-refractivity contribution in [2.24, 2.45) is 5.92 Å². The molecule has 0 unspecified atom stereocenters. The van der Waals surface area contributed by atoms with Crippen LogP contribution >= 0.6 is 0 Å². The summed E-state index contributed by atoms with van der Waals surface area (Å²) in [6, 6.07) is 15.9. The van der Waals surface area contributed by atoms with E-state index in [1.807, 2.05) is 26.0 Å². The third-order valence-corrected chi connectivity index (χ3v) is 8.44. The number of H-pyrrole nitrogens is 1. The first-order valence-electron chi connectivity index (χ1n) is 16.4. The fourth-order valence-corrected chi connectivity index (χ4v) is 5.99. The molecular weight excluding hydrogens is 626 g/mol. The maximum atomic E-state index is 14.1. The van der Waals surface area contributed by atoms with Crippen LogP contribution in [0.2, 0.25) is 0 Å². The predicted molar refractivity (Wildman–Crippen MR) is 183 cm³/mol. The molecule has 1 aromatic heterocycles. The molecule has 0 spiro atoms. The largest absolute Gasteiger partial charge is 0.497 e. The van der Waals surface area contributed by atoms with Crippen LogP contribution in [0, 0.1) is 5.92 Å². The van der Waals surface area contributed by atoms with Gasteiger partial charge in [0.05, 0.1) is 20.8 Å². The van der Waals surface area contributed by atoms with E-state index in [0.29, 0.717) is 59.5 Å². The van der Waals surface area contributed by atoms with Crippen molar-refractivity contribution in [1.82, 2.24) is 36.3 Å². The number of hydrogen-bond acceptors (Lipinski definition) is 8. The molecule has 5 rings (SSSR count). The van der Waals surface area contributed by atoms with Gasteiger partial charge >= 0.3 is 0 Å². The zero-order valence-electron chi connectivity index (χ0n) is 28.2. The fourth-order valence-electron chi connectivity index (χ4n) is 5.99. The molecule has 0 radical (unpaired) electrons. The minimum absolute atomic E-state index is 0.0637. The number of rotatable bonds is 7. The van der Waals surface area contributed by atoms with Crippen LogP contribution in [0.25, 0.3) is 11.0 Å². The van der Waals surface area contributed by atoms with E-state index < -0.39 is 23.9 Å². The van der Waals surface area contributed by atoms with Gasteiger partial charge in [0.1, 0.15) is 28.6 Å². The van der Waals surface area contributed by atoms with Gasteiger partial charge in [-0.3, -0.25) is 19.2 Å². The molecule has 1 aliphatic heterocycles. The average molecular weight is 670 g/mol. The number of nitrogens with zero attached hydrogens (tertiary/aromatic N) is 3. The Morgan fingerprint density at radius 1 is 0.939 bits per heavy atom. The Hall–Kier alpha value is -5.46. The maximum Gasteiger partial charge on any atom is 0.254 e. The molecule has 0 saturated heterocycles. The minimum atomic E-state index is -0.946. The van der Waals surface area contributed by atoms with E-state index in [-0.39, 0.29) is 37.2 Å². The van der Waals surface area contributed by atoms with E-state index in [9.17, 15) is 19.2 Å². The Kier molecular flexibility index (Phi) is 11.4. The van der Waals surface area contributed by atoms with Crippen LogP contribution in [-0.4, -0.2) is 89.9 Å². The highest BCUT2D eigenvalue weighted by molar-refractivity contribution is 5.99. The summed E-state index contributed by atoms with van der Waals surface area (Å²) in [4.78, 5) is 56.5. The van der Waals surface area contributed by atoms with Crippen molar-refractivity contribution in [3.63, 3.8) is 0 Å². The summed E-state index contributed by atoms with van der Waals surface area (Å²) < 4.78 is 10.8. The van der Waals surface area contributed by atoms with Crippen molar-refractivity contribution in [1.29, 1.82) is 0 Å². The van der Waals surface area contributed by atoms with Crippen LogP contribution in [0.4, 0.5) is 0 Å². The number of nitrogens with one attached hydrogen (secondary N) is 4. The molecule has 2 bridgehead atoms. The highest BCUT2D eigenvalue weighted by Gasteiger charge is 2.29. The number of ether oxygens (including phenoxy) is 2. The van der Waals surface area contributed by atoms with Crippen LogP contribution in [0.1, 0.15) is 58.5 Å². The van der Waals surface area contributed by atoms with Gasteiger partial charge in [0, 0.05) is 36.7 Å². The first-order chi connectivity index (χ1) is 23.6. The first kappa shape index (κ1) is 34.9. The Balaban J connectivity index is 1.49. The minimum Gasteiger partial charge on any atom is -0.497 e. The SMILES string of the molecule is COc1ccc(C[C@@H]2NC(=O)c3ccc(OC)c(c3)CCCNC(=O)CN(C(=O)c3ccc4n[nH]nc4c3)C[C@H](CC(C)C)NC2=O)cc1. The quantitative estimate of drug-likeness (QED) is 0.233. The second-order valence-corrected chi connectivity index (χ2v) is 12.6. The zero-order chi connectivity index (χ0) is 34.9. The number of methoxy groups -OCH3 is 2. The first-order valence-corrected chi connectivity index (χ1v) is 16.4. The lowest BCUT2D eigenvalue weighted by molar-refractivity contribution is -0.123. The van der Waals surface area contributed by atoms with E-state index >= 15 is 0 Å². The molecule has 0 saturated carbocycles. The van der Waals surface area contributed by atoms with Gasteiger partial charge in [-0.2, -0.15) is 15.4 Å². The molecule has 0 fully saturated rings. The van der Waals surface area contributed by atoms with Gasteiger partial charge in [-0.1, -0.05) is 26.0 Å². The number of benzene rings is 3. The molecule has 13 nitrogen and oxygen atoms in total. The fraction of sp³-hybridized carbons (Fsp3) is 0.389.